The number of nitrogens with zero attached hydrogens (tertiary/aromatic N) is 1. The van der Waals surface area contributed by atoms with E-state index >= 15 is 0 Å². The molecule has 2 rings (SSSR count). The first kappa shape index (κ1) is 12.0. The molecule has 0 unspecified atom stereocenters. The molecule has 17 heavy (non-hydrogen) atoms. The molecule has 0 aliphatic carbocycles. The van der Waals surface area contributed by atoms with Crippen molar-refractivity contribution in [3.8, 4) is 11.6 Å². The van der Waals surface area contributed by atoms with Crippen LogP contribution in [-0.4, -0.2) is 4.98 Å². The van der Waals surface area contributed by atoms with Crippen molar-refractivity contribution < 1.29 is 9.13 Å². The van der Waals surface area contributed by atoms with Gasteiger partial charge >= 0.3 is 0 Å². The summed E-state index contributed by atoms with van der Waals surface area (Å²) in [6.07, 6.45) is 1.71. The third-order valence-corrected chi connectivity index (χ3v) is 2.93. The Labute approximate surface area is 108 Å². The van der Waals surface area contributed by atoms with Crippen LogP contribution in [0.4, 0.5) is 4.39 Å². The Hall–Kier alpha value is -1.42. The van der Waals surface area contributed by atoms with Gasteiger partial charge < -0.3 is 4.74 Å². The Morgan fingerprint density at radius 1 is 1.35 bits per heavy atom. The van der Waals surface area contributed by atoms with Gasteiger partial charge in [0.15, 0.2) is 11.6 Å². The predicted octanol–water partition coefficient (Wildman–Crippen LogP) is 4.22. The fourth-order valence-corrected chi connectivity index (χ4v) is 1.74. The van der Waals surface area contributed by atoms with Crippen LogP contribution in [0.2, 0.25) is 0 Å². The van der Waals surface area contributed by atoms with E-state index in [4.69, 9.17) is 4.74 Å². The summed E-state index contributed by atoms with van der Waals surface area (Å²) in [5.41, 5.74) is 1.94. The van der Waals surface area contributed by atoms with Gasteiger partial charge in [-0.15, -0.1) is 0 Å². The number of ether oxygens (including phenoxy) is 1. The minimum Gasteiger partial charge on any atom is -0.436 e. The quantitative estimate of drug-likeness (QED) is 0.791. The van der Waals surface area contributed by atoms with E-state index in [1.54, 1.807) is 24.4 Å². The van der Waals surface area contributed by atoms with Gasteiger partial charge in [0.25, 0.3) is 0 Å². The molecule has 0 saturated heterocycles. The van der Waals surface area contributed by atoms with E-state index in [2.05, 4.69) is 20.9 Å². The van der Waals surface area contributed by atoms with Crippen LogP contribution in [0.3, 0.4) is 0 Å². The molecule has 0 atom stereocenters. The molecule has 0 radical (unpaired) electrons. The van der Waals surface area contributed by atoms with Gasteiger partial charge in [-0.05, 0) is 30.7 Å². The normalized spacial score (nSPS) is 10.3. The third-order valence-electron chi connectivity index (χ3n) is 2.28. The fourth-order valence-electron chi connectivity index (χ4n) is 1.43. The second kappa shape index (κ2) is 5.27. The van der Waals surface area contributed by atoms with E-state index < -0.39 is 5.82 Å². The van der Waals surface area contributed by atoms with Crippen LogP contribution >= 0.6 is 15.9 Å². The maximum atomic E-state index is 13.4. The predicted molar refractivity (Wildman–Crippen MR) is 68.1 cm³/mol. The monoisotopic (exact) mass is 295 g/mol. The van der Waals surface area contributed by atoms with Crippen molar-refractivity contribution in [1.29, 1.82) is 0 Å². The maximum Gasteiger partial charge on any atom is 0.222 e. The molecule has 4 heteroatoms. The van der Waals surface area contributed by atoms with Crippen molar-refractivity contribution in [2.45, 2.75) is 12.3 Å². The molecular formula is C13H11BrFNO. The highest BCUT2D eigenvalue weighted by molar-refractivity contribution is 9.08. The highest BCUT2D eigenvalue weighted by atomic mass is 79.9. The Morgan fingerprint density at radius 2 is 2.12 bits per heavy atom. The highest BCUT2D eigenvalue weighted by Crippen LogP contribution is 2.25. The summed E-state index contributed by atoms with van der Waals surface area (Å²) in [5.74, 6) is 0.229. The zero-order valence-corrected chi connectivity index (χ0v) is 10.9. The summed E-state index contributed by atoms with van der Waals surface area (Å²) in [4.78, 5) is 4.17. The molecule has 0 spiro atoms. The van der Waals surface area contributed by atoms with Crippen molar-refractivity contribution >= 4 is 15.9 Å². The van der Waals surface area contributed by atoms with Gasteiger partial charge in [0.05, 0.1) is 0 Å². The topological polar surface area (TPSA) is 22.1 Å². The molecule has 88 valence electrons. The fraction of sp³-hybridized carbons (Fsp3) is 0.154. The summed E-state index contributed by atoms with van der Waals surface area (Å²) in [6.45, 7) is 1.88. The van der Waals surface area contributed by atoms with E-state index in [0.29, 0.717) is 5.88 Å². The molecule has 0 aliphatic heterocycles. The van der Waals surface area contributed by atoms with E-state index in [9.17, 15) is 4.39 Å². The number of alkyl halides is 1. The molecule has 0 fully saturated rings. The lowest BCUT2D eigenvalue weighted by atomic mass is 10.2. The standard InChI is InChI=1S/C13H11BrFNO/c1-9-6-10(7-14)8-16-13(9)17-12-5-3-2-4-11(12)15/h2-6,8H,7H2,1H3. The molecular weight excluding hydrogens is 285 g/mol. The van der Waals surface area contributed by atoms with E-state index in [1.807, 2.05) is 13.0 Å². The van der Waals surface area contributed by atoms with Crippen LogP contribution in [0.15, 0.2) is 36.5 Å². The van der Waals surface area contributed by atoms with Crippen molar-refractivity contribution in [3.63, 3.8) is 0 Å². The second-order valence-electron chi connectivity index (χ2n) is 3.63. The number of hydrogen-bond donors (Lipinski definition) is 0. The van der Waals surface area contributed by atoms with Gasteiger partial charge in [-0.3, -0.25) is 0 Å². The second-order valence-corrected chi connectivity index (χ2v) is 4.19. The van der Waals surface area contributed by atoms with Crippen LogP contribution < -0.4 is 4.74 Å². The van der Waals surface area contributed by atoms with Crippen molar-refractivity contribution in [2.24, 2.45) is 0 Å². The van der Waals surface area contributed by atoms with Gasteiger partial charge in [-0.1, -0.05) is 28.1 Å². The number of benzene rings is 1. The molecule has 0 N–H and O–H groups in total. The molecule has 0 bridgehead atoms. The average Bonchev–Trinajstić information content (AvgIpc) is 2.34. The van der Waals surface area contributed by atoms with Gasteiger partial charge in [0.1, 0.15) is 0 Å². The molecule has 0 amide bonds. The Morgan fingerprint density at radius 3 is 2.76 bits per heavy atom. The highest BCUT2D eigenvalue weighted by Gasteiger charge is 2.07. The van der Waals surface area contributed by atoms with Crippen LogP contribution in [0, 0.1) is 12.7 Å². The molecule has 1 heterocycles. The summed E-state index contributed by atoms with van der Waals surface area (Å²) >= 11 is 3.35. The first-order valence-corrected chi connectivity index (χ1v) is 6.26. The zero-order valence-electron chi connectivity index (χ0n) is 9.28. The van der Waals surface area contributed by atoms with Crippen LogP contribution in [0.1, 0.15) is 11.1 Å². The maximum absolute atomic E-state index is 13.4. The van der Waals surface area contributed by atoms with Crippen LogP contribution in [-0.2, 0) is 5.33 Å². The largest absolute Gasteiger partial charge is 0.436 e. The van der Waals surface area contributed by atoms with Crippen LogP contribution in [0.25, 0.3) is 0 Å². The van der Waals surface area contributed by atoms with Gasteiger partial charge in [0, 0.05) is 17.1 Å². The van der Waals surface area contributed by atoms with Crippen molar-refractivity contribution in [1.82, 2.24) is 4.98 Å². The Bertz CT molecular complexity index is 531. The number of aryl methyl sites for hydroxylation is 1. The SMILES string of the molecule is Cc1cc(CBr)cnc1Oc1ccccc1F. The third kappa shape index (κ3) is 2.82. The van der Waals surface area contributed by atoms with E-state index in [0.717, 1.165) is 16.5 Å². The lowest BCUT2D eigenvalue weighted by Gasteiger charge is -2.08. The van der Waals surface area contributed by atoms with Crippen molar-refractivity contribution in [2.75, 3.05) is 0 Å². The van der Waals surface area contributed by atoms with E-state index in [-0.39, 0.29) is 5.75 Å². The number of aromatic nitrogens is 1. The summed E-state index contributed by atoms with van der Waals surface area (Å²) in [6, 6.07) is 8.24. The molecule has 0 aliphatic rings. The molecule has 1 aromatic heterocycles. The minimum absolute atomic E-state index is 0.190. The summed E-state index contributed by atoms with van der Waals surface area (Å²) in [5, 5.41) is 0.737. The lowest BCUT2D eigenvalue weighted by molar-refractivity contribution is 0.424. The first-order valence-electron chi connectivity index (χ1n) is 5.14. The van der Waals surface area contributed by atoms with Gasteiger partial charge in [-0.2, -0.15) is 0 Å². The summed E-state index contributed by atoms with van der Waals surface area (Å²) in [7, 11) is 0. The summed E-state index contributed by atoms with van der Waals surface area (Å²) < 4.78 is 18.8. The van der Waals surface area contributed by atoms with E-state index in [1.165, 1.54) is 6.07 Å². The molecule has 2 nitrogen and oxygen atoms in total. The van der Waals surface area contributed by atoms with Gasteiger partial charge in [-0.25, -0.2) is 9.37 Å². The number of hydrogen-bond acceptors (Lipinski definition) is 2. The average molecular weight is 296 g/mol. The zero-order chi connectivity index (χ0) is 12.3. The van der Waals surface area contributed by atoms with Crippen molar-refractivity contribution in [3.05, 3.63) is 53.5 Å². The molecule has 1 aromatic carbocycles. The molecule has 0 saturated carbocycles. The minimum atomic E-state index is -0.390. The number of halogens is 2. The van der Waals surface area contributed by atoms with Crippen LogP contribution in [0.5, 0.6) is 11.6 Å². The number of rotatable bonds is 3. The Balaban J connectivity index is 2.28. The lowest BCUT2D eigenvalue weighted by Crippen LogP contribution is -1.94. The number of pyridine rings is 1. The number of para-hydroxylation sites is 1. The molecule has 2 aromatic rings. The smallest absolute Gasteiger partial charge is 0.222 e. The first-order chi connectivity index (χ1) is 8.20. The van der Waals surface area contributed by atoms with Gasteiger partial charge in [0.2, 0.25) is 5.88 Å². The Kier molecular flexibility index (Phi) is 3.74.